The highest BCUT2D eigenvalue weighted by atomic mass is 32.2. The topological polar surface area (TPSA) is 127 Å². The molecule has 0 aliphatic carbocycles. The molecule has 9 nitrogen and oxygen atoms in total. The van der Waals surface area contributed by atoms with Gasteiger partial charge in [0, 0.05) is 32.8 Å². The number of halogens is 2. The summed E-state index contributed by atoms with van der Waals surface area (Å²) in [5.74, 6) is -2.83. The molecule has 0 saturated carbocycles. The van der Waals surface area contributed by atoms with E-state index in [4.69, 9.17) is 10.5 Å². The molecule has 3 rings (SSSR count). The number of hydrogen-bond donors (Lipinski definition) is 3. The molecule has 1 saturated heterocycles. The van der Waals surface area contributed by atoms with Gasteiger partial charge >= 0.3 is 0 Å². The van der Waals surface area contributed by atoms with Crippen LogP contribution in [0.25, 0.3) is 0 Å². The number of methoxy groups -OCH3 is 1. The van der Waals surface area contributed by atoms with Crippen molar-refractivity contribution in [3.05, 3.63) is 40.3 Å². The number of carbonyl (C=O) groups excluding carboxylic acids is 1. The number of piperidine rings is 1. The van der Waals surface area contributed by atoms with Crippen LogP contribution in [0.4, 0.5) is 19.7 Å². The van der Waals surface area contributed by atoms with Crippen LogP contribution in [0.3, 0.4) is 0 Å². The quantitative estimate of drug-likeness (QED) is 0.289. The lowest BCUT2D eigenvalue weighted by atomic mass is 10.1. The molecule has 0 amide bonds. The zero-order valence-corrected chi connectivity index (χ0v) is 20.5. The number of anilines is 2. The molecule has 0 bridgehead atoms. The predicted molar refractivity (Wildman–Crippen MR) is 128 cm³/mol. The van der Waals surface area contributed by atoms with E-state index >= 15 is 0 Å². The van der Waals surface area contributed by atoms with Crippen molar-refractivity contribution in [2.75, 3.05) is 56.7 Å². The molecule has 4 N–H and O–H groups in total. The van der Waals surface area contributed by atoms with Crippen molar-refractivity contribution in [1.82, 2.24) is 14.6 Å². The highest BCUT2D eigenvalue weighted by Gasteiger charge is 2.29. The first-order valence-electron chi connectivity index (χ1n) is 10.9. The number of ketones is 1. The molecule has 0 unspecified atom stereocenters. The summed E-state index contributed by atoms with van der Waals surface area (Å²) in [6.45, 7) is 2.59. The standard InChI is InChI=1S/C21H29F2N5O4S2/c1-32-12-9-25-8-3-13-34(30,31)28-10-6-14(7-11-28)26-21-27-20(24)19(33-21)18(29)17-15(22)4-2-5-16(17)23/h2,4-5,14,25H,3,6-13,24H2,1H3,(H,26,27). The first-order chi connectivity index (χ1) is 16.2. The van der Waals surface area contributed by atoms with E-state index in [2.05, 4.69) is 15.6 Å². The first-order valence-corrected chi connectivity index (χ1v) is 13.3. The third kappa shape index (κ3) is 6.69. The number of nitrogens with one attached hydrogen (secondary N) is 2. The lowest BCUT2D eigenvalue weighted by Gasteiger charge is -2.31. The molecule has 1 aliphatic heterocycles. The van der Waals surface area contributed by atoms with Crippen LogP contribution in [0, 0.1) is 11.6 Å². The Morgan fingerprint density at radius 3 is 2.59 bits per heavy atom. The van der Waals surface area contributed by atoms with Crippen LogP contribution in [0.1, 0.15) is 34.5 Å². The van der Waals surface area contributed by atoms with E-state index in [1.54, 1.807) is 7.11 Å². The van der Waals surface area contributed by atoms with Gasteiger partial charge in [0.05, 0.1) is 17.9 Å². The minimum atomic E-state index is -3.34. The summed E-state index contributed by atoms with van der Waals surface area (Å²) in [6, 6.07) is 3.12. The van der Waals surface area contributed by atoms with Crippen molar-refractivity contribution in [3.63, 3.8) is 0 Å². The van der Waals surface area contributed by atoms with Gasteiger partial charge in [-0.3, -0.25) is 4.79 Å². The summed E-state index contributed by atoms with van der Waals surface area (Å²) >= 11 is 0.921. The Labute approximate surface area is 201 Å². The van der Waals surface area contributed by atoms with Gasteiger partial charge in [-0.05, 0) is 37.9 Å². The van der Waals surface area contributed by atoms with E-state index in [1.807, 2.05) is 0 Å². The van der Waals surface area contributed by atoms with E-state index in [1.165, 1.54) is 10.4 Å². The van der Waals surface area contributed by atoms with Crippen molar-refractivity contribution >= 4 is 38.1 Å². The van der Waals surface area contributed by atoms with Gasteiger partial charge < -0.3 is 21.1 Å². The average Bonchev–Trinajstić information content (AvgIpc) is 3.16. The van der Waals surface area contributed by atoms with Crippen molar-refractivity contribution in [1.29, 1.82) is 0 Å². The minimum Gasteiger partial charge on any atom is -0.383 e. The van der Waals surface area contributed by atoms with E-state index in [9.17, 15) is 22.0 Å². The zero-order chi connectivity index (χ0) is 24.7. The van der Waals surface area contributed by atoms with Gasteiger partial charge in [0.25, 0.3) is 0 Å². The van der Waals surface area contributed by atoms with E-state index in [-0.39, 0.29) is 22.5 Å². The molecule has 2 aromatic rings. The summed E-state index contributed by atoms with van der Waals surface area (Å²) in [5.41, 5.74) is 5.17. The third-order valence-corrected chi connectivity index (χ3v) is 8.42. The average molecular weight is 518 g/mol. The smallest absolute Gasteiger partial charge is 0.214 e. The van der Waals surface area contributed by atoms with Gasteiger partial charge in [-0.1, -0.05) is 17.4 Å². The lowest BCUT2D eigenvalue weighted by Crippen LogP contribution is -2.43. The van der Waals surface area contributed by atoms with Gasteiger partial charge in [0.1, 0.15) is 22.3 Å². The molecular weight excluding hydrogens is 488 g/mol. The lowest BCUT2D eigenvalue weighted by molar-refractivity contribution is 0.103. The second-order valence-corrected chi connectivity index (χ2v) is 11.0. The number of ether oxygens (including phenoxy) is 1. The minimum absolute atomic E-state index is 0.0503. The molecule has 13 heteroatoms. The number of nitrogens with zero attached hydrogens (tertiary/aromatic N) is 2. The number of aromatic nitrogens is 1. The fraction of sp³-hybridized carbons (Fsp3) is 0.524. The van der Waals surface area contributed by atoms with Crippen molar-refractivity contribution in [2.45, 2.75) is 25.3 Å². The summed E-state index contributed by atoms with van der Waals surface area (Å²) in [6.07, 6.45) is 1.62. The van der Waals surface area contributed by atoms with Gasteiger partial charge in [-0.25, -0.2) is 26.5 Å². The van der Waals surface area contributed by atoms with Crippen LogP contribution in [-0.2, 0) is 14.8 Å². The van der Waals surface area contributed by atoms with Gasteiger partial charge in [-0.2, -0.15) is 0 Å². The Morgan fingerprint density at radius 1 is 1.26 bits per heavy atom. The molecule has 0 atom stereocenters. The molecule has 1 aromatic heterocycles. The number of sulfonamides is 1. The Hall–Kier alpha value is -2.19. The number of hydrogen-bond acceptors (Lipinski definition) is 9. The van der Waals surface area contributed by atoms with Crippen LogP contribution in [-0.4, -0.2) is 75.2 Å². The molecular formula is C21H29F2N5O4S2. The molecule has 0 spiro atoms. The van der Waals surface area contributed by atoms with Crippen LogP contribution in [0.15, 0.2) is 18.2 Å². The molecule has 34 heavy (non-hydrogen) atoms. The number of carbonyl (C=O) groups is 1. The normalized spacial score (nSPS) is 15.5. The fourth-order valence-electron chi connectivity index (χ4n) is 3.65. The Bertz CT molecular complexity index is 1070. The Balaban J connectivity index is 1.52. The Morgan fingerprint density at radius 2 is 1.94 bits per heavy atom. The molecule has 1 aromatic carbocycles. The largest absolute Gasteiger partial charge is 0.383 e. The number of nitrogens with two attached hydrogens (primary N) is 1. The highest BCUT2D eigenvalue weighted by Crippen LogP contribution is 2.30. The van der Waals surface area contributed by atoms with E-state index in [0.717, 1.165) is 23.5 Å². The Kier molecular flexibility index (Phi) is 9.31. The maximum atomic E-state index is 14.0. The molecule has 2 heterocycles. The predicted octanol–water partition coefficient (Wildman–Crippen LogP) is 2.07. The number of thiazole rings is 1. The maximum absolute atomic E-state index is 14.0. The van der Waals surface area contributed by atoms with Crippen molar-refractivity contribution < 1.29 is 26.7 Å². The second kappa shape index (κ2) is 12.0. The summed E-state index contributed by atoms with van der Waals surface area (Å²) in [5, 5.41) is 6.64. The fourth-order valence-corrected chi connectivity index (χ4v) is 6.09. The number of nitrogen functional groups attached to an aromatic ring is 1. The van der Waals surface area contributed by atoms with Gasteiger partial charge in [0.2, 0.25) is 15.8 Å². The molecule has 0 radical (unpaired) electrons. The SMILES string of the molecule is COCCNCCCS(=O)(=O)N1CCC(Nc2nc(N)c(C(=O)c3c(F)cccc3F)s2)CC1. The number of benzene rings is 1. The highest BCUT2D eigenvalue weighted by molar-refractivity contribution is 7.89. The molecule has 188 valence electrons. The van der Waals surface area contributed by atoms with Crippen LogP contribution >= 0.6 is 11.3 Å². The zero-order valence-electron chi connectivity index (χ0n) is 18.9. The van der Waals surface area contributed by atoms with Crippen LogP contribution in [0.2, 0.25) is 0 Å². The van der Waals surface area contributed by atoms with Gasteiger partial charge in [0.15, 0.2) is 5.13 Å². The number of rotatable bonds is 12. The summed E-state index contributed by atoms with van der Waals surface area (Å²) in [4.78, 5) is 16.7. The second-order valence-electron chi connectivity index (χ2n) is 7.89. The third-order valence-electron chi connectivity index (χ3n) is 5.46. The van der Waals surface area contributed by atoms with E-state index in [0.29, 0.717) is 57.2 Å². The molecule has 1 fully saturated rings. The van der Waals surface area contributed by atoms with Gasteiger partial charge in [-0.15, -0.1) is 0 Å². The molecule has 1 aliphatic rings. The summed E-state index contributed by atoms with van der Waals surface area (Å²) < 4.78 is 59.6. The monoisotopic (exact) mass is 517 g/mol. The van der Waals surface area contributed by atoms with E-state index < -0.39 is 33.0 Å². The van der Waals surface area contributed by atoms with Crippen molar-refractivity contribution in [2.24, 2.45) is 0 Å². The van der Waals surface area contributed by atoms with Crippen LogP contribution < -0.4 is 16.4 Å². The van der Waals surface area contributed by atoms with Crippen LogP contribution in [0.5, 0.6) is 0 Å². The first kappa shape index (κ1) is 26.4. The summed E-state index contributed by atoms with van der Waals surface area (Å²) in [7, 11) is -1.73. The maximum Gasteiger partial charge on any atom is 0.214 e. The van der Waals surface area contributed by atoms with Crippen molar-refractivity contribution in [3.8, 4) is 0 Å².